The van der Waals surface area contributed by atoms with Crippen molar-refractivity contribution in [3.63, 3.8) is 0 Å². The van der Waals surface area contributed by atoms with Crippen LogP contribution < -0.4 is 10.5 Å². The number of alkyl halides is 1. The van der Waals surface area contributed by atoms with Crippen molar-refractivity contribution in [2.75, 3.05) is 9.38 Å². The fourth-order valence-electron chi connectivity index (χ4n) is 0.909. The van der Waals surface area contributed by atoms with Crippen LogP contribution in [0.3, 0.4) is 0 Å². The summed E-state index contributed by atoms with van der Waals surface area (Å²) in [7, 11) is -3.36. The maximum absolute atomic E-state index is 11.1. The van der Waals surface area contributed by atoms with E-state index in [0.717, 1.165) is 0 Å². The van der Waals surface area contributed by atoms with Crippen molar-refractivity contribution in [2.45, 2.75) is 0 Å². The molecule has 1 aromatic rings. The molecule has 0 atom stereocenters. The molecule has 3 N–H and O–H groups in total. The monoisotopic (exact) mass is 292 g/mol. The van der Waals surface area contributed by atoms with E-state index < -0.39 is 15.9 Å². The third-order valence-electron chi connectivity index (χ3n) is 1.59. The smallest absolute Gasteiger partial charge is 0.248 e. The molecule has 82 valence electrons. The molecule has 1 amide bonds. The van der Waals surface area contributed by atoms with Gasteiger partial charge in [0.2, 0.25) is 15.9 Å². The lowest BCUT2D eigenvalue weighted by Gasteiger charge is -2.05. The molecular weight excluding hydrogens is 284 g/mol. The number of nitrogens with two attached hydrogens (primary N) is 1. The van der Waals surface area contributed by atoms with Crippen LogP contribution in [0.15, 0.2) is 24.3 Å². The molecule has 7 heteroatoms. The Morgan fingerprint density at radius 2 is 1.87 bits per heavy atom. The maximum Gasteiger partial charge on any atom is 0.248 e. The summed E-state index contributed by atoms with van der Waals surface area (Å²) in [5, 5.41) is 0. The summed E-state index contributed by atoms with van der Waals surface area (Å²) in [5.74, 6) is -0.551. The van der Waals surface area contributed by atoms with E-state index in [1.54, 1.807) is 0 Å². The first-order valence-corrected chi connectivity index (χ1v) is 6.68. The number of nitrogens with one attached hydrogen (secondary N) is 1. The lowest BCUT2D eigenvalue weighted by atomic mass is 10.2. The van der Waals surface area contributed by atoms with Gasteiger partial charge < -0.3 is 5.73 Å². The zero-order chi connectivity index (χ0) is 11.5. The number of primary amides is 1. The third kappa shape index (κ3) is 3.52. The first-order valence-electron chi connectivity index (χ1n) is 3.91. The van der Waals surface area contributed by atoms with E-state index in [0.29, 0.717) is 11.3 Å². The zero-order valence-corrected chi connectivity index (χ0v) is 10.0. The molecule has 1 aromatic carbocycles. The Kier molecular flexibility index (Phi) is 3.70. The number of hydrogen-bond acceptors (Lipinski definition) is 3. The van der Waals surface area contributed by atoms with E-state index in [2.05, 4.69) is 20.7 Å². The Balaban J connectivity index is 2.86. The van der Waals surface area contributed by atoms with E-state index in [4.69, 9.17) is 5.73 Å². The number of carbonyl (C=O) groups is 1. The second-order valence-electron chi connectivity index (χ2n) is 2.77. The quantitative estimate of drug-likeness (QED) is 0.807. The molecule has 0 heterocycles. The van der Waals surface area contributed by atoms with E-state index >= 15 is 0 Å². The fraction of sp³-hybridized carbons (Fsp3) is 0.125. The van der Waals surface area contributed by atoms with Gasteiger partial charge in [-0.2, -0.15) is 0 Å². The van der Waals surface area contributed by atoms with Gasteiger partial charge in [-0.15, -0.1) is 0 Å². The van der Waals surface area contributed by atoms with Crippen LogP contribution in [-0.2, 0) is 10.0 Å². The van der Waals surface area contributed by atoms with Crippen LogP contribution in [0.1, 0.15) is 10.4 Å². The Hall–Kier alpha value is -1.08. The van der Waals surface area contributed by atoms with Gasteiger partial charge in [-0.3, -0.25) is 9.52 Å². The molecule has 0 aliphatic rings. The predicted octanol–water partition coefficient (Wildman–Crippen LogP) is 0.880. The molecule has 0 aliphatic carbocycles. The van der Waals surface area contributed by atoms with Gasteiger partial charge >= 0.3 is 0 Å². The van der Waals surface area contributed by atoms with Crippen molar-refractivity contribution < 1.29 is 13.2 Å². The van der Waals surface area contributed by atoms with Gasteiger partial charge in [0.05, 0.1) is 0 Å². The normalized spacial score (nSPS) is 11.0. The molecule has 0 saturated heterocycles. The average Bonchev–Trinajstić information content (AvgIpc) is 2.18. The van der Waals surface area contributed by atoms with Crippen molar-refractivity contribution in [2.24, 2.45) is 5.73 Å². The third-order valence-corrected chi connectivity index (χ3v) is 4.23. The van der Waals surface area contributed by atoms with Gasteiger partial charge in [-0.25, -0.2) is 8.42 Å². The van der Waals surface area contributed by atoms with Gasteiger partial charge in [0, 0.05) is 11.3 Å². The van der Waals surface area contributed by atoms with Gasteiger partial charge in [-0.1, -0.05) is 15.9 Å². The highest BCUT2D eigenvalue weighted by Crippen LogP contribution is 2.11. The summed E-state index contributed by atoms with van der Waals surface area (Å²) in [4.78, 5) is 10.7. The van der Waals surface area contributed by atoms with Crippen molar-refractivity contribution in [1.29, 1.82) is 0 Å². The molecule has 0 unspecified atom stereocenters. The fourth-order valence-corrected chi connectivity index (χ4v) is 1.80. The summed E-state index contributed by atoms with van der Waals surface area (Å²) in [6.45, 7) is 0. The van der Waals surface area contributed by atoms with Crippen LogP contribution in [0.4, 0.5) is 5.69 Å². The van der Waals surface area contributed by atoms with Gasteiger partial charge in [0.15, 0.2) is 0 Å². The molecule has 0 saturated carbocycles. The van der Waals surface area contributed by atoms with Crippen molar-refractivity contribution in [3.8, 4) is 0 Å². The lowest BCUT2D eigenvalue weighted by molar-refractivity contribution is 0.100. The Morgan fingerprint density at radius 3 is 2.27 bits per heavy atom. The number of rotatable bonds is 4. The molecular formula is C8H9BrN2O3S. The van der Waals surface area contributed by atoms with Crippen LogP contribution >= 0.6 is 15.9 Å². The van der Waals surface area contributed by atoms with Crippen molar-refractivity contribution >= 4 is 37.5 Å². The van der Waals surface area contributed by atoms with Crippen molar-refractivity contribution in [3.05, 3.63) is 29.8 Å². The Morgan fingerprint density at radius 1 is 1.33 bits per heavy atom. The van der Waals surface area contributed by atoms with Gasteiger partial charge in [0.25, 0.3) is 0 Å². The van der Waals surface area contributed by atoms with E-state index in [-0.39, 0.29) is 4.66 Å². The minimum absolute atomic E-state index is 0.183. The Bertz CT molecular complexity index is 455. The van der Waals surface area contributed by atoms with E-state index in [1.807, 2.05) is 0 Å². The number of halogens is 1. The summed E-state index contributed by atoms with van der Waals surface area (Å²) in [5.41, 5.74) is 5.75. The molecule has 1 rings (SSSR count). The highest BCUT2D eigenvalue weighted by Gasteiger charge is 2.07. The largest absolute Gasteiger partial charge is 0.366 e. The summed E-state index contributed by atoms with van der Waals surface area (Å²) in [6.07, 6.45) is 0. The molecule has 0 spiro atoms. The number of amides is 1. The SMILES string of the molecule is NC(=O)c1ccc(NS(=O)(=O)CBr)cc1. The van der Waals surface area contributed by atoms with Crippen molar-refractivity contribution in [1.82, 2.24) is 0 Å². The van der Waals surface area contributed by atoms with E-state index in [9.17, 15) is 13.2 Å². The molecule has 0 bridgehead atoms. The minimum atomic E-state index is -3.36. The number of sulfonamides is 1. The van der Waals surface area contributed by atoms with Crippen LogP contribution in [0, 0.1) is 0 Å². The molecule has 0 fully saturated rings. The van der Waals surface area contributed by atoms with Crippen LogP contribution in [-0.4, -0.2) is 19.0 Å². The first kappa shape index (κ1) is 12.0. The average molecular weight is 293 g/mol. The molecule has 15 heavy (non-hydrogen) atoms. The maximum atomic E-state index is 11.1. The first-order chi connectivity index (χ1) is 6.94. The van der Waals surface area contributed by atoms with Crippen LogP contribution in [0.25, 0.3) is 0 Å². The topological polar surface area (TPSA) is 89.3 Å². The van der Waals surface area contributed by atoms with Gasteiger partial charge in [0.1, 0.15) is 4.66 Å². The number of benzene rings is 1. The molecule has 5 nitrogen and oxygen atoms in total. The number of anilines is 1. The number of carbonyl (C=O) groups excluding carboxylic acids is 1. The summed E-state index contributed by atoms with van der Waals surface area (Å²) in [6, 6.07) is 5.85. The molecule has 0 aromatic heterocycles. The highest BCUT2D eigenvalue weighted by atomic mass is 79.9. The summed E-state index contributed by atoms with van der Waals surface area (Å²) < 4.78 is 24.4. The predicted molar refractivity (Wildman–Crippen MR) is 61.3 cm³/mol. The Labute approximate surface area is 95.8 Å². The van der Waals surface area contributed by atoms with Crippen LogP contribution in [0.2, 0.25) is 0 Å². The minimum Gasteiger partial charge on any atom is -0.366 e. The highest BCUT2D eigenvalue weighted by molar-refractivity contribution is 9.10. The molecule has 0 radical (unpaired) electrons. The second-order valence-corrected chi connectivity index (χ2v) is 5.79. The van der Waals surface area contributed by atoms with E-state index in [1.165, 1.54) is 24.3 Å². The van der Waals surface area contributed by atoms with Gasteiger partial charge in [-0.05, 0) is 24.3 Å². The zero-order valence-electron chi connectivity index (χ0n) is 7.60. The lowest BCUT2D eigenvalue weighted by Crippen LogP contribution is -2.14. The molecule has 0 aliphatic heterocycles. The number of hydrogen-bond donors (Lipinski definition) is 2. The standard InChI is InChI=1S/C8H9BrN2O3S/c9-5-15(13,14)11-7-3-1-6(2-4-7)8(10)12/h1-4,11H,5H2,(H2,10,12). The summed E-state index contributed by atoms with van der Waals surface area (Å²) >= 11 is 2.84. The second kappa shape index (κ2) is 4.63. The van der Waals surface area contributed by atoms with Crippen LogP contribution in [0.5, 0.6) is 0 Å².